The number of amides is 1. The molecule has 5 rings (SSSR count). The summed E-state index contributed by atoms with van der Waals surface area (Å²) in [6, 6.07) is 6.09. The topological polar surface area (TPSA) is 90.0 Å². The Kier molecular flexibility index (Phi) is 5.52. The van der Waals surface area contributed by atoms with Crippen LogP contribution < -0.4 is 5.32 Å². The van der Waals surface area contributed by atoms with Gasteiger partial charge in [0.2, 0.25) is 5.91 Å². The van der Waals surface area contributed by atoms with Gasteiger partial charge >= 0.3 is 0 Å². The van der Waals surface area contributed by atoms with Gasteiger partial charge in [-0.05, 0) is 57.1 Å². The smallest absolute Gasteiger partial charge is 0.225 e. The zero-order valence-electron chi connectivity index (χ0n) is 18.6. The number of hydrogen-bond donors (Lipinski definition) is 2. The Morgan fingerprint density at radius 2 is 2.12 bits per heavy atom. The Bertz CT molecular complexity index is 1280. The maximum absolute atomic E-state index is 13.0. The first-order valence-electron chi connectivity index (χ1n) is 10.8. The van der Waals surface area contributed by atoms with Crippen molar-refractivity contribution < 1.29 is 4.79 Å². The second-order valence-electron chi connectivity index (χ2n) is 8.71. The molecular formula is C23H27N7OS. The van der Waals surface area contributed by atoms with E-state index in [9.17, 15) is 4.79 Å². The molecule has 1 aromatic carbocycles. The van der Waals surface area contributed by atoms with Crippen molar-refractivity contribution in [3.05, 3.63) is 41.2 Å². The maximum atomic E-state index is 13.0. The van der Waals surface area contributed by atoms with Crippen LogP contribution in [0.5, 0.6) is 0 Å². The molecule has 8 nitrogen and oxygen atoms in total. The van der Waals surface area contributed by atoms with Crippen LogP contribution in [-0.2, 0) is 17.6 Å². The third-order valence-corrected chi connectivity index (χ3v) is 7.32. The summed E-state index contributed by atoms with van der Waals surface area (Å²) in [4.78, 5) is 28.3. The number of carbonyl (C=O) groups is 1. The van der Waals surface area contributed by atoms with Crippen molar-refractivity contribution in [1.29, 1.82) is 0 Å². The molecule has 2 N–H and O–H groups in total. The van der Waals surface area contributed by atoms with Gasteiger partial charge in [-0.1, -0.05) is 0 Å². The number of H-pyrrole nitrogens is 1. The Morgan fingerprint density at radius 1 is 1.25 bits per heavy atom. The van der Waals surface area contributed by atoms with Crippen LogP contribution >= 0.6 is 11.3 Å². The highest BCUT2D eigenvalue weighted by atomic mass is 32.1. The van der Waals surface area contributed by atoms with Crippen LogP contribution in [0, 0.1) is 5.92 Å². The number of nitrogens with zero attached hydrogens (tertiary/aromatic N) is 5. The summed E-state index contributed by atoms with van der Waals surface area (Å²) in [7, 11) is 5.97. The standard InChI is InChI=1S/C23H27N7OS/c1-29(2)8-9-30(3)23(31)14-4-6-17-19(11-14)32-22-20(17)21(24-13-25-22)27-16-5-7-18-15(10-16)12-26-28-18/h5,7,10,12-14H,4,6,8-9,11H2,1-3H3,(H,26,28)(H,24,25,27)/t14-/m0/s1. The molecule has 3 heterocycles. The van der Waals surface area contributed by atoms with Gasteiger partial charge in [0.25, 0.3) is 0 Å². The molecule has 0 saturated carbocycles. The molecule has 0 bridgehead atoms. The number of rotatable bonds is 6. The van der Waals surface area contributed by atoms with Crippen molar-refractivity contribution in [3.63, 3.8) is 0 Å². The monoisotopic (exact) mass is 449 g/mol. The van der Waals surface area contributed by atoms with E-state index in [0.717, 1.165) is 65.0 Å². The molecule has 0 unspecified atom stereocenters. The summed E-state index contributed by atoms with van der Waals surface area (Å²) in [6.07, 6.45) is 5.94. The summed E-state index contributed by atoms with van der Waals surface area (Å²) in [6.45, 7) is 1.63. The number of carbonyl (C=O) groups excluding carboxylic acids is 1. The highest BCUT2D eigenvalue weighted by Gasteiger charge is 2.30. The molecule has 0 aliphatic heterocycles. The molecule has 3 aromatic heterocycles. The van der Waals surface area contributed by atoms with Gasteiger partial charge in [0, 0.05) is 42.0 Å². The van der Waals surface area contributed by atoms with Gasteiger partial charge in [-0.25, -0.2) is 9.97 Å². The largest absolute Gasteiger partial charge is 0.344 e. The highest BCUT2D eigenvalue weighted by molar-refractivity contribution is 7.19. The fraction of sp³-hybridized carbons (Fsp3) is 0.391. The Labute approximate surface area is 190 Å². The van der Waals surface area contributed by atoms with Crippen molar-refractivity contribution in [2.24, 2.45) is 5.92 Å². The third kappa shape index (κ3) is 3.93. The summed E-state index contributed by atoms with van der Waals surface area (Å²) in [5.74, 6) is 1.10. The van der Waals surface area contributed by atoms with Crippen molar-refractivity contribution >= 4 is 49.9 Å². The zero-order chi connectivity index (χ0) is 22.2. The van der Waals surface area contributed by atoms with E-state index >= 15 is 0 Å². The molecule has 1 amide bonds. The number of aryl methyl sites for hydroxylation is 1. The minimum Gasteiger partial charge on any atom is -0.344 e. The molecule has 1 atom stereocenters. The van der Waals surface area contributed by atoms with E-state index in [0.29, 0.717) is 0 Å². The third-order valence-electron chi connectivity index (χ3n) is 6.16. The molecular weight excluding hydrogens is 422 g/mol. The van der Waals surface area contributed by atoms with Gasteiger partial charge in [0.05, 0.1) is 17.1 Å². The van der Waals surface area contributed by atoms with Crippen LogP contribution in [-0.4, -0.2) is 70.1 Å². The second-order valence-corrected chi connectivity index (χ2v) is 9.79. The number of fused-ring (bicyclic) bond motifs is 4. The average Bonchev–Trinajstić information content (AvgIpc) is 3.40. The SMILES string of the molecule is CN(C)CCN(C)C(=O)[C@H]1CCc2c(sc3ncnc(Nc4ccc5[nH]ncc5c4)c23)C1. The summed E-state index contributed by atoms with van der Waals surface area (Å²) < 4.78 is 0. The van der Waals surface area contributed by atoms with E-state index in [1.54, 1.807) is 17.7 Å². The van der Waals surface area contributed by atoms with E-state index < -0.39 is 0 Å². The molecule has 1 aliphatic rings. The molecule has 0 spiro atoms. The first-order chi connectivity index (χ1) is 15.5. The van der Waals surface area contributed by atoms with Gasteiger partial charge < -0.3 is 15.1 Å². The van der Waals surface area contributed by atoms with Crippen molar-refractivity contribution in [1.82, 2.24) is 30.0 Å². The number of thiophene rings is 1. The van der Waals surface area contributed by atoms with Crippen LogP contribution in [0.15, 0.2) is 30.7 Å². The van der Waals surface area contributed by atoms with E-state index in [1.165, 1.54) is 10.4 Å². The van der Waals surface area contributed by atoms with Gasteiger partial charge in [-0.2, -0.15) is 5.10 Å². The highest BCUT2D eigenvalue weighted by Crippen LogP contribution is 2.40. The number of nitrogens with one attached hydrogen (secondary N) is 2. The van der Waals surface area contributed by atoms with E-state index in [2.05, 4.69) is 36.4 Å². The number of aromatic amines is 1. The molecule has 1 aliphatic carbocycles. The van der Waals surface area contributed by atoms with E-state index in [-0.39, 0.29) is 11.8 Å². The predicted octanol–water partition coefficient (Wildman–Crippen LogP) is 3.44. The number of hydrogen-bond acceptors (Lipinski definition) is 7. The van der Waals surface area contributed by atoms with Gasteiger partial charge in [-0.15, -0.1) is 11.3 Å². The van der Waals surface area contributed by atoms with Crippen LogP contribution in [0.2, 0.25) is 0 Å². The quantitative estimate of drug-likeness (QED) is 0.469. The second kappa shape index (κ2) is 8.48. The summed E-state index contributed by atoms with van der Waals surface area (Å²) in [5.41, 5.74) is 3.25. The summed E-state index contributed by atoms with van der Waals surface area (Å²) in [5, 5.41) is 12.7. The van der Waals surface area contributed by atoms with Crippen LogP contribution in [0.25, 0.3) is 21.1 Å². The number of aromatic nitrogens is 4. The van der Waals surface area contributed by atoms with Crippen LogP contribution in [0.3, 0.4) is 0 Å². The van der Waals surface area contributed by atoms with Crippen molar-refractivity contribution in [3.8, 4) is 0 Å². The van der Waals surface area contributed by atoms with E-state index in [1.807, 2.05) is 44.4 Å². The minimum absolute atomic E-state index is 0.0376. The average molecular weight is 450 g/mol. The van der Waals surface area contributed by atoms with Gasteiger partial charge in [0.15, 0.2) is 0 Å². The lowest BCUT2D eigenvalue weighted by atomic mass is 9.87. The van der Waals surface area contributed by atoms with Crippen molar-refractivity contribution in [2.45, 2.75) is 19.3 Å². The fourth-order valence-corrected chi connectivity index (χ4v) is 5.61. The van der Waals surface area contributed by atoms with Gasteiger partial charge in [-0.3, -0.25) is 9.89 Å². The Morgan fingerprint density at radius 3 is 2.97 bits per heavy atom. The molecule has 0 fully saturated rings. The Balaban J connectivity index is 1.39. The molecule has 9 heteroatoms. The normalized spacial score (nSPS) is 15.9. The fourth-order valence-electron chi connectivity index (χ4n) is 4.34. The molecule has 166 valence electrons. The number of anilines is 2. The maximum Gasteiger partial charge on any atom is 0.225 e. The van der Waals surface area contributed by atoms with Crippen LogP contribution in [0.4, 0.5) is 11.5 Å². The van der Waals surface area contributed by atoms with Crippen molar-refractivity contribution in [2.75, 3.05) is 39.5 Å². The first kappa shape index (κ1) is 20.8. The number of likely N-dealkylation sites (N-methyl/N-ethyl adjacent to an activating group) is 2. The minimum atomic E-state index is 0.0376. The molecule has 0 radical (unpaired) electrons. The van der Waals surface area contributed by atoms with E-state index in [4.69, 9.17) is 0 Å². The molecule has 4 aromatic rings. The predicted molar refractivity (Wildman–Crippen MR) is 128 cm³/mol. The lowest BCUT2D eigenvalue weighted by Crippen LogP contribution is -2.39. The van der Waals surface area contributed by atoms with Crippen LogP contribution in [0.1, 0.15) is 16.9 Å². The zero-order valence-corrected chi connectivity index (χ0v) is 19.4. The summed E-state index contributed by atoms with van der Waals surface area (Å²) >= 11 is 1.69. The lowest BCUT2D eigenvalue weighted by molar-refractivity contribution is -0.134. The van der Waals surface area contributed by atoms with Gasteiger partial charge in [0.1, 0.15) is 17.0 Å². The number of benzene rings is 1. The first-order valence-corrected chi connectivity index (χ1v) is 11.7. The molecule has 32 heavy (non-hydrogen) atoms. The Hall–Kier alpha value is -3.04. The lowest BCUT2D eigenvalue weighted by Gasteiger charge is -2.27. The molecule has 0 saturated heterocycles.